The molecule has 2 amide bonds. The molecule has 0 atom stereocenters. The number of carbonyl (C=O) groups excluding carboxylic acids is 2. The largest absolute Gasteiger partial charge is 0.459 e. The predicted octanol–water partition coefficient (Wildman–Crippen LogP) is 7.19. The lowest BCUT2D eigenvalue weighted by Gasteiger charge is -2.36. The number of carbonyl (C=O) groups is 2. The van der Waals surface area contributed by atoms with Gasteiger partial charge in [0.15, 0.2) is 0 Å². The maximum atomic E-state index is 14.7. The summed E-state index contributed by atoms with van der Waals surface area (Å²) in [5.41, 5.74) is -1.01. The van der Waals surface area contributed by atoms with Gasteiger partial charge in [-0.25, -0.2) is 15.0 Å². The zero-order chi connectivity index (χ0) is 29.4. The smallest absolute Gasteiger partial charge is 0.321 e. The highest BCUT2D eigenvalue weighted by atomic mass is 32.1. The topological polar surface area (TPSA) is 78.4 Å². The molecular weight excluding hydrogens is 585 g/mol. The molecular formula is C27H24F5N5O2S2. The monoisotopic (exact) mass is 609 g/mol. The van der Waals surface area contributed by atoms with E-state index < -0.39 is 28.6 Å². The molecule has 5 rings (SSSR count). The molecule has 1 fully saturated rings. The number of thiophene rings is 1. The highest BCUT2D eigenvalue weighted by Crippen LogP contribution is 2.47. The van der Waals surface area contributed by atoms with Crippen LogP contribution in [0.5, 0.6) is 0 Å². The summed E-state index contributed by atoms with van der Waals surface area (Å²) in [6.45, 7) is 2.74. The maximum absolute atomic E-state index is 14.7. The molecule has 41 heavy (non-hydrogen) atoms. The van der Waals surface area contributed by atoms with Crippen molar-refractivity contribution in [3.8, 4) is 10.6 Å². The van der Waals surface area contributed by atoms with E-state index in [9.17, 15) is 31.5 Å². The van der Waals surface area contributed by atoms with Crippen molar-refractivity contribution in [2.45, 2.75) is 38.3 Å². The summed E-state index contributed by atoms with van der Waals surface area (Å²) in [7, 11) is 0. The van der Waals surface area contributed by atoms with E-state index in [1.54, 1.807) is 30.3 Å². The number of hydrogen-bond donors (Lipinski definition) is 1. The van der Waals surface area contributed by atoms with Crippen molar-refractivity contribution in [3.63, 3.8) is 0 Å². The van der Waals surface area contributed by atoms with Gasteiger partial charge in [0.1, 0.15) is 20.4 Å². The minimum Gasteiger partial charge on any atom is -0.321 e. The summed E-state index contributed by atoms with van der Waals surface area (Å²) in [5, 5.41) is 6.28. The second-order valence-electron chi connectivity index (χ2n) is 9.34. The number of hydrazine groups is 1. The highest BCUT2D eigenvalue weighted by Gasteiger charge is 2.62. The number of halogens is 5. The summed E-state index contributed by atoms with van der Waals surface area (Å²) in [4.78, 5) is 34.3. The molecule has 1 N–H and O–H groups in total. The van der Waals surface area contributed by atoms with Crippen LogP contribution in [0.1, 0.15) is 51.2 Å². The van der Waals surface area contributed by atoms with Crippen molar-refractivity contribution in [3.05, 3.63) is 64.1 Å². The number of rotatable bonds is 7. The van der Waals surface area contributed by atoms with Crippen LogP contribution in [0.2, 0.25) is 0 Å². The van der Waals surface area contributed by atoms with Crippen molar-refractivity contribution in [2.24, 2.45) is 0 Å². The second-order valence-corrected chi connectivity index (χ2v) is 11.4. The number of alkyl halides is 5. The number of pyridine rings is 1. The van der Waals surface area contributed by atoms with Crippen molar-refractivity contribution in [2.75, 3.05) is 25.0 Å². The molecule has 0 bridgehead atoms. The van der Waals surface area contributed by atoms with Crippen molar-refractivity contribution in [1.82, 2.24) is 20.0 Å². The Morgan fingerprint density at radius 2 is 1.73 bits per heavy atom. The number of amides is 2. The van der Waals surface area contributed by atoms with Crippen LogP contribution in [0.25, 0.3) is 20.8 Å². The average molecular weight is 610 g/mol. The molecule has 0 saturated carbocycles. The molecule has 3 aromatic heterocycles. The minimum atomic E-state index is -5.94. The van der Waals surface area contributed by atoms with Gasteiger partial charge in [-0.1, -0.05) is 12.5 Å². The lowest BCUT2D eigenvalue weighted by Crippen LogP contribution is -2.49. The predicted molar refractivity (Wildman–Crippen MR) is 147 cm³/mol. The van der Waals surface area contributed by atoms with Crippen LogP contribution in [-0.4, -0.2) is 57.6 Å². The van der Waals surface area contributed by atoms with E-state index in [-0.39, 0.29) is 23.0 Å². The van der Waals surface area contributed by atoms with Crippen LogP contribution >= 0.6 is 22.7 Å². The molecule has 1 saturated heterocycles. The number of anilines is 1. The third kappa shape index (κ3) is 5.81. The van der Waals surface area contributed by atoms with Crippen LogP contribution in [0, 0.1) is 0 Å². The van der Waals surface area contributed by atoms with E-state index in [1.165, 1.54) is 40.6 Å². The summed E-state index contributed by atoms with van der Waals surface area (Å²) in [6, 6.07) is 11.1. The SMILES string of the molecule is CCN(C(=O)c1sc(-c2ccc(NC(=O)c3cc4cccnc4s3)cc2)nc1C(F)(F)C(F)(F)F)N1CCCCC1. The van der Waals surface area contributed by atoms with Crippen LogP contribution in [0.15, 0.2) is 48.7 Å². The molecule has 1 aromatic carbocycles. The third-order valence-corrected chi connectivity index (χ3v) is 8.74. The Morgan fingerprint density at radius 1 is 1.02 bits per heavy atom. The van der Waals surface area contributed by atoms with E-state index in [2.05, 4.69) is 15.3 Å². The number of hydrogen-bond acceptors (Lipinski definition) is 7. The second kappa shape index (κ2) is 11.4. The lowest BCUT2D eigenvalue weighted by atomic mass is 10.1. The number of benzene rings is 1. The van der Waals surface area contributed by atoms with Gasteiger partial charge in [-0.05, 0) is 56.2 Å². The Bertz CT molecular complexity index is 1530. The number of thiazole rings is 1. The van der Waals surface area contributed by atoms with Crippen molar-refractivity contribution < 1.29 is 31.5 Å². The van der Waals surface area contributed by atoms with Crippen LogP contribution in [0.3, 0.4) is 0 Å². The van der Waals surface area contributed by atoms with E-state index in [1.807, 2.05) is 6.07 Å². The number of nitrogens with one attached hydrogen (secondary N) is 1. The zero-order valence-corrected chi connectivity index (χ0v) is 23.3. The van der Waals surface area contributed by atoms with Gasteiger partial charge in [-0.3, -0.25) is 14.6 Å². The molecule has 216 valence electrons. The molecule has 0 aliphatic carbocycles. The summed E-state index contributed by atoms with van der Waals surface area (Å²) >= 11 is 1.71. The van der Waals surface area contributed by atoms with Gasteiger partial charge in [0.05, 0.1) is 4.88 Å². The first-order chi connectivity index (χ1) is 19.5. The fraction of sp³-hybridized carbons (Fsp3) is 0.333. The van der Waals surface area contributed by atoms with E-state index in [0.29, 0.717) is 39.8 Å². The summed E-state index contributed by atoms with van der Waals surface area (Å²) in [5.74, 6) is -6.66. The van der Waals surface area contributed by atoms with Gasteiger partial charge in [0, 0.05) is 42.5 Å². The standard InChI is InChI=1S/C27H24F5N5O2S2/c1-2-37(36-13-4-3-5-14-36)25(39)20-21(26(28,29)27(30,31)32)35-24(41-20)16-8-10-18(11-9-16)34-22(38)19-15-17-7-6-12-33-23(17)40-19/h6-12,15H,2-5,13-14H2,1H3,(H,34,38). The van der Waals surface area contributed by atoms with E-state index in [4.69, 9.17) is 0 Å². The average Bonchev–Trinajstić information content (AvgIpc) is 3.60. The van der Waals surface area contributed by atoms with E-state index in [0.717, 1.165) is 24.6 Å². The first-order valence-electron chi connectivity index (χ1n) is 12.8. The number of aromatic nitrogens is 2. The summed E-state index contributed by atoms with van der Waals surface area (Å²) in [6.07, 6.45) is -1.80. The molecule has 0 spiro atoms. The molecule has 1 aliphatic heterocycles. The molecule has 0 radical (unpaired) electrons. The Balaban J connectivity index is 1.43. The van der Waals surface area contributed by atoms with Crippen LogP contribution in [0.4, 0.5) is 27.6 Å². The number of fused-ring (bicyclic) bond motifs is 1. The highest BCUT2D eigenvalue weighted by molar-refractivity contribution is 7.20. The van der Waals surface area contributed by atoms with Gasteiger partial charge in [-0.15, -0.1) is 22.7 Å². The van der Waals surface area contributed by atoms with Gasteiger partial charge < -0.3 is 5.32 Å². The lowest BCUT2D eigenvalue weighted by molar-refractivity contribution is -0.290. The minimum absolute atomic E-state index is 0.105. The number of piperidine rings is 1. The Labute approximate surface area is 239 Å². The third-order valence-electron chi connectivity index (χ3n) is 6.59. The summed E-state index contributed by atoms with van der Waals surface area (Å²) < 4.78 is 69.6. The Kier molecular flexibility index (Phi) is 8.08. The van der Waals surface area contributed by atoms with Crippen molar-refractivity contribution >= 4 is 50.4 Å². The molecule has 14 heteroatoms. The molecule has 4 aromatic rings. The van der Waals surface area contributed by atoms with Gasteiger partial charge in [0.25, 0.3) is 11.8 Å². The first-order valence-corrected chi connectivity index (χ1v) is 14.4. The normalized spacial score (nSPS) is 14.8. The fourth-order valence-corrected chi connectivity index (χ4v) is 6.46. The fourth-order valence-electron chi connectivity index (χ4n) is 4.52. The number of nitrogens with zero attached hydrogens (tertiary/aromatic N) is 4. The van der Waals surface area contributed by atoms with Gasteiger partial charge in [0.2, 0.25) is 0 Å². The molecule has 0 unspecified atom stereocenters. The van der Waals surface area contributed by atoms with Gasteiger partial charge >= 0.3 is 12.1 Å². The molecule has 7 nitrogen and oxygen atoms in total. The van der Waals surface area contributed by atoms with E-state index >= 15 is 0 Å². The molecule has 4 heterocycles. The Morgan fingerprint density at radius 3 is 2.37 bits per heavy atom. The van der Waals surface area contributed by atoms with Crippen LogP contribution in [-0.2, 0) is 5.92 Å². The maximum Gasteiger partial charge on any atom is 0.459 e. The molecule has 1 aliphatic rings. The van der Waals surface area contributed by atoms with Crippen LogP contribution < -0.4 is 5.32 Å². The van der Waals surface area contributed by atoms with Crippen molar-refractivity contribution in [1.29, 1.82) is 0 Å². The van der Waals surface area contributed by atoms with Gasteiger partial charge in [-0.2, -0.15) is 22.0 Å². The first kappa shape index (κ1) is 29.0. The quantitative estimate of drug-likeness (QED) is 0.225. The zero-order valence-electron chi connectivity index (χ0n) is 21.7. The Hall–Kier alpha value is -3.49.